The van der Waals surface area contributed by atoms with E-state index in [-0.39, 0.29) is 0 Å². The van der Waals surface area contributed by atoms with Gasteiger partial charge in [-0.15, -0.1) is 0 Å². The van der Waals surface area contributed by atoms with Crippen LogP contribution in [0.15, 0.2) is 23.3 Å². The van der Waals surface area contributed by atoms with Crippen LogP contribution in [-0.4, -0.2) is 0 Å². The third-order valence-electron chi connectivity index (χ3n) is 1.37. The quantitative estimate of drug-likeness (QED) is 0.512. The molecule has 0 amide bonds. The molecule has 0 rings (SSSR count). The Hall–Kier alpha value is -0.520. The van der Waals surface area contributed by atoms with E-state index >= 15 is 0 Å². The Labute approximate surface area is 64.6 Å². The molecule has 0 N–H and O–H groups in total. The largest absolute Gasteiger partial charge is 0.0764 e. The molecule has 0 fully saturated rings. The van der Waals surface area contributed by atoms with Gasteiger partial charge in [0.1, 0.15) is 0 Å². The van der Waals surface area contributed by atoms with Crippen LogP contribution in [0.1, 0.15) is 27.7 Å². The van der Waals surface area contributed by atoms with E-state index in [1.165, 1.54) is 11.1 Å². The summed E-state index contributed by atoms with van der Waals surface area (Å²) in [5.41, 5.74) is 2.52. The Balaban J connectivity index is 4.05. The fraction of sp³-hybridized carbons (Fsp3) is 0.500. The summed E-state index contributed by atoms with van der Waals surface area (Å²) < 4.78 is 0. The van der Waals surface area contributed by atoms with E-state index in [0.29, 0.717) is 5.92 Å². The third kappa shape index (κ3) is 4.37. The van der Waals surface area contributed by atoms with Gasteiger partial charge in [-0.05, 0) is 26.7 Å². The molecule has 0 nitrogen and oxygen atoms in total. The highest BCUT2D eigenvalue weighted by Crippen LogP contribution is 2.07. The van der Waals surface area contributed by atoms with Crippen LogP contribution >= 0.6 is 0 Å². The highest BCUT2D eigenvalue weighted by atomic mass is 14.0. The van der Waals surface area contributed by atoms with Crippen LogP contribution in [0.2, 0.25) is 0 Å². The highest BCUT2D eigenvalue weighted by molar-refractivity contribution is 5.18. The van der Waals surface area contributed by atoms with Crippen molar-refractivity contribution in [2.75, 3.05) is 0 Å². The van der Waals surface area contributed by atoms with E-state index in [1.54, 1.807) is 0 Å². The molecule has 0 saturated carbocycles. The summed E-state index contributed by atoms with van der Waals surface area (Å²) in [6.45, 7) is 12.4. The summed E-state index contributed by atoms with van der Waals surface area (Å²) >= 11 is 0. The molecule has 0 atom stereocenters. The molecule has 57 valence electrons. The molecule has 0 aliphatic carbocycles. The van der Waals surface area contributed by atoms with Gasteiger partial charge in [0.15, 0.2) is 0 Å². The third-order valence-corrected chi connectivity index (χ3v) is 1.37. The number of rotatable bonds is 2. The van der Waals surface area contributed by atoms with Gasteiger partial charge in [-0.25, -0.2) is 0 Å². The molecule has 0 bridgehead atoms. The highest BCUT2D eigenvalue weighted by Gasteiger charge is 1.92. The maximum atomic E-state index is 3.93. The lowest BCUT2D eigenvalue weighted by Crippen LogP contribution is -1.87. The van der Waals surface area contributed by atoms with Gasteiger partial charge in [0, 0.05) is 0 Å². The van der Waals surface area contributed by atoms with E-state index in [1.807, 2.05) is 0 Å². The monoisotopic (exact) mass is 137 g/mol. The Morgan fingerprint density at radius 3 is 2.00 bits per heavy atom. The second-order valence-electron chi connectivity index (χ2n) is 3.14. The first kappa shape index (κ1) is 9.48. The van der Waals surface area contributed by atoms with Crippen LogP contribution in [0.25, 0.3) is 0 Å². The Morgan fingerprint density at radius 1 is 1.20 bits per heavy atom. The van der Waals surface area contributed by atoms with Gasteiger partial charge in [0.2, 0.25) is 0 Å². The second-order valence-corrected chi connectivity index (χ2v) is 3.14. The molecule has 0 aromatic heterocycles. The molecule has 0 spiro atoms. The molecule has 0 unspecified atom stereocenters. The van der Waals surface area contributed by atoms with Crippen LogP contribution in [0.4, 0.5) is 0 Å². The fourth-order valence-corrected chi connectivity index (χ4v) is 0.466. The molecule has 0 saturated heterocycles. The molecule has 0 heteroatoms. The molecule has 1 radical (unpaired) electrons. The maximum Gasteiger partial charge on any atom is -0.0257 e. The lowest BCUT2D eigenvalue weighted by atomic mass is 10.0. The van der Waals surface area contributed by atoms with Gasteiger partial charge in [0.05, 0.1) is 0 Å². The van der Waals surface area contributed by atoms with Crippen molar-refractivity contribution >= 4 is 0 Å². The molecule has 10 heavy (non-hydrogen) atoms. The Bertz CT molecular complexity index is 143. The molecule has 0 heterocycles. The topological polar surface area (TPSA) is 0 Å². The molecule has 0 aromatic carbocycles. The van der Waals surface area contributed by atoms with Crippen molar-refractivity contribution in [3.63, 3.8) is 0 Å². The zero-order valence-corrected chi connectivity index (χ0v) is 7.44. The minimum Gasteiger partial charge on any atom is -0.0764 e. The summed E-state index contributed by atoms with van der Waals surface area (Å²) in [4.78, 5) is 0. The first-order valence-corrected chi connectivity index (χ1v) is 3.71. The molecular weight excluding hydrogens is 120 g/mol. The minimum atomic E-state index is 0.565. The van der Waals surface area contributed by atoms with Crippen LogP contribution in [-0.2, 0) is 0 Å². The summed E-state index contributed by atoms with van der Waals surface area (Å²) in [7, 11) is 0. The lowest BCUT2D eigenvalue weighted by molar-refractivity contribution is 0.790. The normalized spacial score (nSPS) is 12.0. The van der Waals surface area contributed by atoms with Gasteiger partial charge < -0.3 is 0 Å². The van der Waals surface area contributed by atoms with Crippen molar-refractivity contribution in [2.24, 2.45) is 5.92 Å². The van der Waals surface area contributed by atoms with Gasteiger partial charge in [0.25, 0.3) is 0 Å². The van der Waals surface area contributed by atoms with Crippen LogP contribution < -0.4 is 0 Å². The Kier molecular flexibility index (Phi) is 4.10. The summed E-state index contributed by atoms with van der Waals surface area (Å²) in [5.74, 6) is 0.565. The van der Waals surface area contributed by atoms with Crippen molar-refractivity contribution in [3.8, 4) is 0 Å². The predicted molar refractivity (Wildman–Crippen MR) is 47.7 cm³/mol. The zero-order chi connectivity index (χ0) is 8.15. The SMILES string of the molecule is [CH2]/C(=C\C=C(C)C)C(C)C. The average Bonchev–Trinajstić information content (AvgIpc) is 1.82. The second kappa shape index (κ2) is 4.32. The van der Waals surface area contributed by atoms with Crippen LogP contribution in [0.3, 0.4) is 0 Å². The first-order valence-electron chi connectivity index (χ1n) is 3.71. The van der Waals surface area contributed by atoms with Crippen LogP contribution in [0.5, 0.6) is 0 Å². The molecule has 0 aliphatic heterocycles. The summed E-state index contributed by atoms with van der Waals surface area (Å²) in [6, 6.07) is 0. The molecule has 0 aromatic rings. The van der Waals surface area contributed by atoms with E-state index in [0.717, 1.165) is 0 Å². The minimum absolute atomic E-state index is 0.565. The lowest BCUT2D eigenvalue weighted by Gasteiger charge is -2.01. The van der Waals surface area contributed by atoms with Crippen molar-refractivity contribution in [1.29, 1.82) is 0 Å². The molecule has 0 aliphatic rings. The van der Waals surface area contributed by atoms with E-state index in [2.05, 4.69) is 46.8 Å². The van der Waals surface area contributed by atoms with Gasteiger partial charge in [-0.3, -0.25) is 0 Å². The number of allylic oxidation sites excluding steroid dienone is 4. The fourth-order valence-electron chi connectivity index (χ4n) is 0.466. The average molecular weight is 137 g/mol. The van der Waals surface area contributed by atoms with E-state index < -0.39 is 0 Å². The van der Waals surface area contributed by atoms with Gasteiger partial charge >= 0.3 is 0 Å². The van der Waals surface area contributed by atoms with Crippen molar-refractivity contribution < 1.29 is 0 Å². The van der Waals surface area contributed by atoms with Crippen molar-refractivity contribution in [1.82, 2.24) is 0 Å². The summed E-state index contributed by atoms with van der Waals surface area (Å²) in [6.07, 6.45) is 4.18. The van der Waals surface area contributed by atoms with Crippen molar-refractivity contribution in [2.45, 2.75) is 27.7 Å². The summed E-state index contributed by atoms with van der Waals surface area (Å²) in [5, 5.41) is 0. The zero-order valence-electron chi connectivity index (χ0n) is 7.44. The molecular formula is C10H17. The van der Waals surface area contributed by atoms with Crippen LogP contribution in [0, 0.1) is 12.8 Å². The maximum absolute atomic E-state index is 3.93. The smallest absolute Gasteiger partial charge is 0.0257 e. The number of hydrogen-bond acceptors (Lipinski definition) is 0. The number of hydrogen-bond donors (Lipinski definition) is 0. The predicted octanol–water partition coefficient (Wildman–Crippen LogP) is 3.37. The van der Waals surface area contributed by atoms with Gasteiger partial charge in [-0.2, -0.15) is 0 Å². The van der Waals surface area contributed by atoms with Crippen molar-refractivity contribution in [3.05, 3.63) is 30.2 Å². The van der Waals surface area contributed by atoms with Gasteiger partial charge in [-0.1, -0.05) is 37.1 Å². The van der Waals surface area contributed by atoms with E-state index in [4.69, 9.17) is 0 Å². The standard InChI is InChI=1S/C10H17/c1-8(2)6-7-10(5)9(3)4/h6-7,9H,5H2,1-4H3/b10-7+. The first-order chi connectivity index (χ1) is 4.54. The Morgan fingerprint density at radius 2 is 1.70 bits per heavy atom. The van der Waals surface area contributed by atoms with E-state index in [9.17, 15) is 0 Å².